The Bertz CT molecular complexity index is 535. The lowest BCUT2D eigenvalue weighted by atomic mass is 10.0. The SMILES string of the molecule is CCc1ccc(CN2CCNCC2c2ccccc2)s1. The Kier molecular flexibility index (Phi) is 4.51. The van der Waals surface area contributed by atoms with Crippen LogP contribution in [0.15, 0.2) is 42.5 Å². The molecular weight excluding hydrogens is 264 g/mol. The molecule has 1 N–H and O–H groups in total. The van der Waals surface area contributed by atoms with Crippen molar-refractivity contribution in [2.45, 2.75) is 25.9 Å². The maximum absolute atomic E-state index is 3.53. The minimum Gasteiger partial charge on any atom is -0.314 e. The minimum absolute atomic E-state index is 0.497. The van der Waals surface area contributed by atoms with Gasteiger partial charge in [-0.1, -0.05) is 37.3 Å². The predicted octanol–water partition coefficient (Wildman–Crippen LogP) is 3.46. The number of benzene rings is 1. The van der Waals surface area contributed by atoms with Gasteiger partial charge in [0.1, 0.15) is 0 Å². The molecule has 0 aliphatic carbocycles. The molecule has 1 saturated heterocycles. The number of hydrogen-bond acceptors (Lipinski definition) is 3. The highest BCUT2D eigenvalue weighted by Crippen LogP contribution is 2.26. The van der Waals surface area contributed by atoms with Crippen molar-refractivity contribution in [3.05, 3.63) is 57.8 Å². The van der Waals surface area contributed by atoms with Crippen molar-refractivity contribution in [1.29, 1.82) is 0 Å². The molecule has 1 fully saturated rings. The molecule has 1 aromatic heterocycles. The highest BCUT2D eigenvalue weighted by atomic mass is 32.1. The fourth-order valence-electron chi connectivity index (χ4n) is 2.84. The van der Waals surface area contributed by atoms with Crippen molar-refractivity contribution in [3.63, 3.8) is 0 Å². The van der Waals surface area contributed by atoms with Gasteiger partial charge in [0.25, 0.3) is 0 Å². The van der Waals surface area contributed by atoms with E-state index < -0.39 is 0 Å². The number of rotatable bonds is 4. The molecule has 20 heavy (non-hydrogen) atoms. The van der Waals surface area contributed by atoms with E-state index in [0.29, 0.717) is 6.04 Å². The van der Waals surface area contributed by atoms with Crippen LogP contribution < -0.4 is 5.32 Å². The summed E-state index contributed by atoms with van der Waals surface area (Å²) in [6.07, 6.45) is 1.15. The highest BCUT2D eigenvalue weighted by Gasteiger charge is 2.23. The number of nitrogens with zero attached hydrogens (tertiary/aromatic N) is 1. The number of piperazine rings is 1. The molecule has 2 heterocycles. The first-order valence-electron chi connectivity index (χ1n) is 7.44. The number of hydrogen-bond donors (Lipinski definition) is 1. The molecule has 106 valence electrons. The lowest BCUT2D eigenvalue weighted by Gasteiger charge is -2.36. The van der Waals surface area contributed by atoms with Crippen molar-refractivity contribution in [3.8, 4) is 0 Å². The third-order valence-electron chi connectivity index (χ3n) is 3.96. The van der Waals surface area contributed by atoms with Crippen LogP contribution in [0.4, 0.5) is 0 Å². The largest absolute Gasteiger partial charge is 0.314 e. The van der Waals surface area contributed by atoms with Crippen LogP contribution in [0.1, 0.15) is 28.3 Å². The summed E-state index contributed by atoms with van der Waals surface area (Å²) < 4.78 is 0. The smallest absolute Gasteiger partial charge is 0.0477 e. The van der Waals surface area contributed by atoms with Gasteiger partial charge in [0.05, 0.1) is 0 Å². The maximum atomic E-state index is 3.53. The van der Waals surface area contributed by atoms with Crippen LogP contribution >= 0.6 is 11.3 Å². The Morgan fingerprint density at radius 1 is 1.15 bits per heavy atom. The van der Waals surface area contributed by atoms with E-state index in [4.69, 9.17) is 0 Å². The monoisotopic (exact) mass is 286 g/mol. The third-order valence-corrected chi connectivity index (χ3v) is 5.18. The van der Waals surface area contributed by atoms with E-state index >= 15 is 0 Å². The molecule has 1 aliphatic rings. The Morgan fingerprint density at radius 3 is 2.70 bits per heavy atom. The Balaban J connectivity index is 1.75. The molecule has 1 aliphatic heterocycles. The molecule has 1 atom stereocenters. The Labute approximate surface area is 125 Å². The fraction of sp³-hybridized carbons (Fsp3) is 0.412. The van der Waals surface area contributed by atoms with Gasteiger partial charge < -0.3 is 5.32 Å². The third kappa shape index (κ3) is 3.11. The predicted molar refractivity (Wildman–Crippen MR) is 86.2 cm³/mol. The average molecular weight is 286 g/mol. The number of aryl methyl sites for hydroxylation is 1. The first kappa shape index (κ1) is 13.8. The van der Waals surface area contributed by atoms with Crippen LogP contribution in [0.5, 0.6) is 0 Å². The lowest BCUT2D eigenvalue weighted by molar-refractivity contribution is 0.155. The second kappa shape index (κ2) is 6.53. The number of thiophene rings is 1. The van der Waals surface area contributed by atoms with Crippen molar-refractivity contribution in [1.82, 2.24) is 10.2 Å². The normalized spacial score (nSPS) is 20.1. The Hall–Kier alpha value is -1.16. The summed E-state index contributed by atoms with van der Waals surface area (Å²) >= 11 is 1.96. The second-order valence-electron chi connectivity index (χ2n) is 5.32. The zero-order chi connectivity index (χ0) is 13.8. The zero-order valence-electron chi connectivity index (χ0n) is 12.0. The molecule has 0 radical (unpaired) electrons. The molecule has 3 heteroatoms. The zero-order valence-corrected chi connectivity index (χ0v) is 12.8. The summed E-state index contributed by atoms with van der Waals surface area (Å²) in [7, 11) is 0. The highest BCUT2D eigenvalue weighted by molar-refractivity contribution is 7.11. The molecule has 1 unspecified atom stereocenters. The van der Waals surface area contributed by atoms with Crippen molar-refractivity contribution < 1.29 is 0 Å². The molecule has 0 amide bonds. The van der Waals surface area contributed by atoms with Crippen LogP contribution in [0.3, 0.4) is 0 Å². The summed E-state index contributed by atoms with van der Waals surface area (Å²) in [6.45, 7) is 6.57. The second-order valence-corrected chi connectivity index (χ2v) is 6.58. The van der Waals surface area contributed by atoms with Gasteiger partial charge in [-0.05, 0) is 24.1 Å². The first-order valence-corrected chi connectivity index (χ1v) is 8.26. The number of nitrogens with one attached hydrogen (secondary N) is 1. The van der Waals surface area contributed by atoms with E-state index in [1.165, 1.54) is 15.3 Å². The molecule has 0 saturated carbocycles. The van der Waals surface area contributed by atoms with Gasteiger partial charge in [0.2, 0.25) is 0 Å². The van der Waals surface area contributed by atoms with E-state index in [1.807, 2.05) is 11.3 Å². The van der Waals surface area contributed by atoms with Crippen LogP contribution in [0.25, 0.3) is 0 Å². The van der Waals surface area contributed by atoms with E-state index in [0.717, 1.165) is 32.6 Å². The van der Waals surface area contributed by atoms with E-state index in [-0.39, 0.29) is 0 Å². The molecular formula is C17H22N2S. The van der Waals surface area contributed by atoms with Crippen molar-refractivity contribution in [2.75, 3.05) is 19.6 Å². The molecule has 2 aromatic rings. The van der Waals surface area contributed by atoms with E-state index in [1.54, 1.807) is 0 Å². The first-order chi connectivity index (χ1) is 9.86. The minimum atomic E-state index is 0.497. The van der Waals surface area contributed by atoms with Crippen LogP contribution in [0, 0.1) is 0 Å². The maximum Gasteiger partial charge on any atom is 0.0477 e. The summed E-state index contributed by atoms with van der Waals surface area (Å²) in [5, 5.41) is 3.53. The van der Waals surface area contributed by atoms with Crippen molar-refractivity contribution in [2.24, 2.45) is 0 Å². The summed E-state index contributed by atoms with van der Waals surface area (Å²) in [6, 6.07) is 15.9. The van der Waals surface area contributed by atoms with Gasteiger partial charge in [0.15, 0.2) is 0 Å². The van der Waals surface area contributed by atoms with Crippen LogP contribution in [0.2, 0.25) is 0 Å². The van der Waals surface area contributed by atoms with Gasteiger partial charge in [-0.25, -0.2) is 0 Å². The van der Waals surface area contributed by atoms with E-state index in [2.05, 4.69) is 59.6 Å². The van der Waals surface area contributed by atoms with E-state index in [9.17, 15) is 0 Å². The molecule has 0 spiro atoms. The summed E-state index contributed by atoms with van der Waals surface area (Å²) in [4.78, 5) is 5.59. The van der Waals surface area contributed by atoms with Gasteiger partial charge in [-0.15, -0.1) is 11.3 Å². The average Bonchev–Trinajstić information content (AvgIpc) is 2.96. The van der Waals surface area contributed by atoms with Crippen LogP contribution in [-0.2, 0) is 13.0 Å². The molecule has 3 rings (SSSR count). The fourth-order valence-corrected chi connectivity index (χ4v) is 3.82. The molecule has 1 aromatic carbocycles. The van der Waals surface area contributed by atoms with Crippen molar-refractivity contribution >= 4 is 11.3 Å². The van der Waals surface area contributed by atoms with Crippen LogP contribution in [-0.4, -0.2) is 24.5 Å². The summed E-state index contributed by atoms with van der Waals surface area (Å²) in [5.74, 6) is 0. The molecule has 0 bridgehead atoms. The quantitative estimate of drug-likeness (QED) is 0.926. The molecule has 2 nitrogen and oxygen atoms in total. The Morgan fingerprint density at radius 2 is 1.95 bits per heavy atom. The van der Waals surface area contributed by atoms with Gasteiger partial charge in [-0.2, -0.15) is 0 Å². The standard InChI is InChI=1S/C17H22N2S/c1-2-15-8-9-16(20-15)13-19-11-10-18-12-17(19)14-6-4-3-5-7-14/h3-9,17-18H,2,10-13H2,1H3. The summed E-state index contributed by atoms with van der Waals surface area (Å²) in [5.41, 5.74) is 1.42. The van der Waals surface area contributed by atoms with Gasteiger partial charge >= 0.3 is 0 Å². The van der Waals surface area contributed by atoms with Gasteiger partial charge in [-0.3, -0.25) is 4.90 Å². The lowest BCUT2D eigenvalue weighted by Crippen LogP contribution is -2.45. The topological polar surface area (TPSA) is 15.3 Å². The van der Waals surface area contributed by atoms with Gasteiger partial charge in [0, 0.05) is 42.0 Å².